The van der Waals surface area contributed by atoms with Gasteiger partial charge in [-0.2, -0.15) is 13.2 Å². The van der Waals surface area contributed by atoms with E-state index in [0.29, 0.717) is 5.69 Å². The molecule has 3 rings (SSSR count). The van der Waals surface area contributed by atoms with Crippen molar-refractivity contribution >= 4 is 23.1 Å². The lowest BCUT2D eigenvalue weighted by atomic mass is 9.66. The third-order valence-corrected chi connectivity index (χ3v) is 4.88. The van der Waals surface area contributed by atoms with Gasteiger partial charge in [0.25, 0.3) is 0 Å². The number of alkyl halides is 3. The summed E-state index contributed by atoms with van der Waals surface area (Å²) in [5.74, 6) is 0.158. The maximum absolute atomic E-state index is 14.5. The van der Waals surface area contributed by atoms with Crippen molar-refractivity contribution in [3.05, 3.63) is 46.9 Å². The standard InChI is InChI=1S/C16H16ClF3N4/c1-9(24(2)3)15(16(18,19)20)11-6-10(17)4-5-13(11)23-14-12(15)7-21-8-22-14/h4-9H,1-3H3,(H,21,22,23). The number of nitrogens with one attached hydrogen (secondary N) is 1. The minimum absolute atomic E-state index is 0.00605. The summed E-state index contributed by atoms with van der Waals surface area (Å²) >= 11 is 6.03. The van der Waals surface area contributed by atoms with Gasteiger partial charge in [0.1, 0.15) is 17.6 Å². The van der Waals surface area contributed by atoms with Crippen molar-refractivity contribution in [3.63, 3.8) is 0 Å². The van der Waals surface area contributed by atoms with E-state index in [1.54, 1.807) is 38.1 Å². The normalized spacial score (nSPS) is 21.0. The smallest absolute Gasteiger partial charge is 0.340 e. The molecule has 0 spiro atoms. The first-order valence-electron chi connectivity index (χ1n) is 7.30. The zero-order valence-electron chi connectivity index (χ0n) is 13.3. The summed E-state index contributed by atoms with van der Waals surface area (Å²) in [5.41, 5.74) is -1.88. The third-order valence-electron chi connectivity index (χ3n) is 4.65. The van der Waals surface area contributed by atoms with Gasteiger partial charge in [-0.3, -0.25) is 0 Å². The van der Waals surface area contributed by atoms with Crippen LogP contribution in [0.25, 0.3) is 0 Å². The molecule has 0 saturated carbocycles. The Labute approximate surface area is 142 Å². The van der Waals surface area contributed by atoms with Gasteiger partial charge in [0.15, 0.2) is 0 Å². The molecule has 24 heavy (non-hydrogen) atoms. The second kappa shape index (κ2) is 5.60. The second-order valence-corrected chi connectivity index (χ2v) is 6.48. The lowest BCUT2D eigenvalue weighted by Gasteiger charge is -2.47. The molecule has 0 radical (unpaired) electrons. The minimum atomic E-state index is -4.57. The molecule has 0 bridgehead atoms. The number of fused-ring (bicyclic) bond motifs is 2. The van der Waals surface area contributed by atoms with Crippen molar-refractivity contribution in [2.45, 2.75) is 24.6 Å². The summed E-state index contributed by atoms with van der Waals surface area (Å²) in [6.07, 6.45) is -2.11. The van der Waals surface area contributed by atoms with Crippen LogP contribution < -0.4 is 5.32 Å². The Morgan fingerprint density at radius 2 is 1.96 bits per heavy atom. The van der Waals surface area contributed by atoms with E-state index in [1.165, 1.54) is 18.6 Å². The lowest BCUT2D eigenvalue weighted by Crippen LogP contribution is -2.57. The first kappa shape index (κ1) is 17.0. The van der Waals surface area contributed by atoms with Gasteiger partial charge in [-0.15, -0.1) is 0 Å². The van der Waals surface area contributed by atoms with Crippen LogP contribution >= 0.6 is 11.6 Å². The number of halogens is 4. The zero-order chi connectivity index (χ0) is 17.7. The molecule has 1 aliphatic heterocycles. The fourth-order valence-corrected chi connectivity index (χ4v) is 3.49. The highest BCUT2D eigenvalue weighted by atomic mass is 35.5. The number of hydrogen-bond acceptors (Lipinski definition) is 4. The van der Waals surface area contributed by atoms with Crippen LogP contribution in [0.5, 0.6) is 0 Å². The number of anilines is 2. The highest BCUT2D eigenvalue weighted by Gasteiger charge is 2.64. The highest BCUT2D eigenvalue weighted by Crippen LogP contribution is 2.56. The van der Waals surface area contributed by atoms with Crippen LogP contribution in [0.1, 0.15) is 18.1 Å². The van der Waals surface area contributed by atoms with Crippen LogP contribution in [-0.2, 0) is 5.41 Å². The molecule has 1 aromatic heterocycles. The summed E-state index contributed by atoms with van der Waals surface area (Å²) in [5, 5.41) is 3.21. The van der Waals surface area contributed by atoms with Gasteiger partial charge in [0.05, 0.1) is 0 Å². The highest BCUT2D eigenvalue weighted by molar-refractivity contribution is 6.30. The Hall–Kier alpha value is -1.86. The summed E-state index contributed by atoms with van der Waals surface area (Å²) in [4.78, 5) is 9.40. The minimum Gasteiger partial charge on any atom is -0.340 e. The predicted octanol–water partition coefficient (Wildman–Crippen LogP) is 3.99. The van der Waals surface area contributed by atoms with E-state index in [2.05, 4.69) is 15.3 Å². The number of benzene rings is 1. The van der Waals surface area contributed by atoms with E-state index in [9.17, 15) is 13.2 Å². The largest absolute Gasteiger partial charge is 0.404 e. The fraction of sp³-hybridized carbons (Fsp3) is 0.375. The van der Waals surface area contributed by atoms with Crippen LogP contribution in [0.2, 0.25) is 5.02 Å². The number of aromatic nitrogens is 2. The van der Waals surface area contributed by atoms with Crippen LogP contribution in [-0.4, -0.2) is 41.2 Å². The van der Waals surface area contributed by atoms with Crippen LogP contribution in [0.4, 0.5) is 24.7 Å². The Kier molecular flexibility index (Phi) is 3.96. The predicted molar refractivity (Wildman–Crippen MR) is 86.8 cm³/mol. The molecular formula is C16H16ClF3N4. The molecule has 8 heteroatoms. The summed E-state index contributed by atoms with van der Waals surface area (Å²) in [6, 6.07) is 3.57. The molecule has 2 heterocycles. The molecule has 0 fully saturated rings. The summed E-state index contributed by atoms with van der Waals surface area (Å²) in [6.45, 7) is 1.54. The number of likely N-dealkylation sites (N-methyl/N-ethyl adjacent to an activating group) is 1. The van der Waals surface area contributed by atoms with Crippen molar-refractivity contribution in [2.75, 3.05) is 19.4 Å². The van der Waals surface area contributed by atoms with E-state index in [-0.39, 0.29) is 22.0 Å². The van der Waals surface area contributed by atoms with Crippen molar-refractivity contribution in [3.8, 4) is 0 Å². The van der Waals surface area contributed by atoms with Crippen LogP contribution in [0, 0.1) is 0 Å². The van der Waals surface area contributed by atoms with E-state index in [1.807, 2.05) is 0 Å². The fourth-order valence-electron chi connectivity index (χ4n) is 3.32. The van der Waals surface area contributed by atoms with Gasteiger partial charge in [0, 0.05) is 28.5 Å². The Bertz CT molecular complexity index is 778. The topological polar surface area (TPSA) is 41.0 Å². The maximum atomic E-state index is 14.5. The van der Waals surface area contributed by atoms with Gasteiger partial charge < -0.3 is 10.2 Å². The quantitative estimate of drug-likeness (QED) is 0.883. The Morgan fingerprint density at radius 3 is 2.58 bits per heavy atom. The van der Waals surface area contributed by atoms with Crippen molar-refractivity contribution in [1.82, 2.24) is 14.9 Å². The second-order valence-electron chi connectivity index (χ2n) is 6.05. The monoisotopic (exact) mass is 356 g/mol. The molecule has 2 aromatic rings. The molecule has 0 amide bonds. The first-order chi connectivity index (χ1) is 11.2. The van der Waals surface area contributed by atoms with Crippen molar-refractivity contribution in [2.24, 2.45) is 0 Å². The average molecular weight is 357 g/mol. The molecule has 1 aromatic carbocycles. The van der Waals surface area contributed by atoms with E-state index >= 15 is 0 Å². The van der Waals surface area contributed by atoms with Gasteiger partial charge in [-0.25, -0.2) is 9.97 Å². The van der Waals surface area contributed by atoms with Crippen LogP contribution in [0.15, 0.2) is 30.7 Å². The van der Waals surface area contributed by atoms with E-state index in [0.717, 1.165) is 0 Å². The van der Waals surface area contributed by atoms with E-state index in [4.69, 9.17) is 11.6 Å². The number of hydrogen-bond donors (Lipinski definition) is 1. The van der Waals surface area contributed by atoms with Gasteiger partial charge >= 0.3 is 6.18 Å². The first-order valence-corrected chi connectivity index (χ1v) is 7.68. The molecule has 2 atom stereocenters. The zero-order valence-corrected chi connectivity index (χ0v) is 14.1. The molecule has 128 valence electrons. The van der Waals surface area contributed by atoms with Crippen LogP contribution in [0.3, 0.4) is 0 Å². The van der Waals surface area contributed by atoms with Gasteiger partial charge in [-0.05, 0) is 44.8 Å². The van der Waals surface area contributed by atoms with Gasteiger partial charge in [0.2, 0.25) is 0 Å². The Balaban J connectivity index is 2.45. The lowest BCUT2D eigenvalue weighted by molar-refractivity contribution is -0.192. The maximum Gasteiger partial charge on any atom is 0.404 e. The molecule has 0 saturated heterocycles. The molecule has 0 aliphatic carbocycles. The average Bonchev–Trinajstić information content (AvgIpc) is 2.50. The molecular weight excluding hydrogens is 341 g/mol. The Morgan fingerprint density at radius 1 is 1.25 bits per heavy atom. The van der Waals surface area contributed by atoms with Crippen molar-refractivity contribution < 1.29 is 13.2 Å². The molecule has 1 aliphatic rings. The number of rotatable bonds is 2. The summed E-state index contributed by atoms with van der Waals surface area (Å²) in [7, 11) is 3.24. The SMILES string of the molecule is CC(N(C)C)C1(C(F)(F)F)c2cc(Cl)ccc2Nc2ncncc21. The summed E-state index contributed by atoms with van der Waals surface area (Å²) < 4.78 is 43.6. The molecule has 2 unspecified atom stereocenters. The third kappa shape index (κ3) is 2.26. The van der Waals surface area contributed by atoms with Gasteiger partial charge in [-0.1, -0.05) is 11.6 Å². The molecule has 4 nitrogen and oxygen atoms in total. The number of nitrogens with zero attached hydrogens (tertiary/aromatic N) is 3. The molecule has 1 N–H and O–H groups in total. The van der Waals surface area contributed by atoms with E-state index < -0.39 is 17.6 Å². The van der Waals surface area contributed by atoms with Crippen molar-refractivity contribution in [1.29, 1.82) is 0 Å².